The quantitative estimate of drug-likeness (QED) is 0.491. The molecule has 5 heteroatoms. The van der Waals surface area contributed by atoms with E-state index in [-0.39, 0.29) is 12.5 Å². The number of rotatable bonds is 10. The van der Waals surface area contributed by atoms with E-state index in [1.807, 2.05) is 28.8 Å². The van der Waals surface area contributed by atoms with Gasteiger partial charge in [-0.3, -0.25) is 14.4 Å². The van der Waals surface area contributed by atoms with Crippen molar-refractivity contribution in [3.8, 4) is 0 Å². The maximum atomic E-state index is 11.6. The number of hydrogen-bond donors (Lipinski definition) is 0. The van der Waals surface area contributed by atoms with E-state index < -0.39 is 0 Å². The number of esters is 1. The number of hydrogen-bond acceptors (Lipinski definition) is 4. The zero-order valence-corrected chi connectivity index (χ0v) is 13.4. The molecule has 0 radical (unpaired) electrons. The second kappa shape index (κ2) is 9.34. The molecule has 0 N–H and O–H groups in total. The van der Waals surface area contributed by atoms with Crippen LogP contribution in [-0.2, 0) is 16.1 Å². The number of aromatic nitrogens is 2. The van der Waals surface area contributed by atoms with E-state index >= 15 is 0 Å². The van der Waals surface area contributed by atoms with Gasteiger partial charge in [-0.15, -0.1) is 6.58 Å². The van der Waals surface area contributed by atoms with Gasteiger partial charge in [0.15, 0.2) is 0 Å². The molecule has 0 fully saturated rings. The van der Waals surface area contributed by atoms with Crippen LogP contribution in [0.3, 0.4) is 0 Å². The Hall–Kier alpha value is -1.62. The zero-order chi connectivity index (χ0) is 15.7. The monoisotopic (exact) mass is 293 g/mol. The van der Waals surface area contributed by atoms with Gasteiger partial charge in [0.05, 0.1) is 24.9 Å². The topological polar surface area (TPSA) is 47.4 Å². The smallest absolute Gasteiger partial charge is 0.320 e. The fourth-order valence-corrected chi connectivity index (χ4v) is 2.31. The van der Waals surface area contributed by atoms with Crippen molar-refractivity contribution in [2.75, 3.05) is 19.7 Å². The lowest BCUT2D eigenvalue weighted by molar-refractivity contribution is -0.144. The fourth-order valence-electron chi connectivity index (χ4n) is 2.31. The molecule has 0 atom stereocenters. The van der Waals surface area contributed by atoms with Gasteiger partial charge >= 0.3 is 5.97 Å². The van der Waals surface area contributed by atoms with Gasteiger partial charge in [0, 0.05) is 19.3 Å². The van der Waals surface area contributed by atoms with E-state index in [2.05, 4.69) is 25.5 Å². The molecule has 0 aromatic carbocycles. The molecule has 1 rings (SSSR count). The maximum absolute atomic E-state index is 11.6. The highest BCUT2D eigenvalue weighted by molar-refractivity contribution is 5.71. The Bertz CT molecular complexity index is 438. The minimum atomic E-state index is -0.209. The van der Waals surface area contributed by atoms with Gasteiger partial charge < -0.3 is 4.74 Å². The van der Waals surface area contributed by atoms with E-state index in [0.717, 1.165) is 18.5 Å². The Morgan fingerprint density at radius 1 is 1.48 bits per heavy atom. The van der Waals surface area contributed by atoms with Gasteiger partial charge in [-0.25, -0.2) is 0 Å². The summed E-state index contributed by atoms with van der Waals surface area (Å²) in [4.78, 5) is 13.6. The molecule has 0 aliphatic heterocycles. The zero-order valence-electron chi connectivity index (χ0n) is 13.4. The Morgan fingerprint density at radius 3 is 2.76 bits per heavy atom. The van der Waals surface area contributed by atoms with Gasteiger partial charge in [-0.2, -0.15) is 5.10 Å². The normalized spacial score (nSPS) is 11.1. The molecule has 5 nitrogen and oxygen atoms in total. The molecule has 1 aromatic heterocycles. The third-order valence-corrected chi connectivity index (χ3v) is 3.41. The van der Waals surface area contributed by atoms with Crippen LogP contribution in [0.5, 0.6) is 0 Å². The Balaban J connectivity index is 2.66. The van der Waals surface area contributed by atoms with Gasteiger partial charge in [0.2, 0.25) is 0 Å². The van der Waals surface area contributed by atoms with Crippen LogP contribution in [0.2, 0.25) is 0 Å². The first-order chi connectivity index (χ1) is 10.1. The van der Waals surface area contributed by atoms with Crippen molar-refractivity contribution < 1.29 is 9.53 Å². The largest absolute Gasteiger partial charge is 0.465 e. The molecule has 0 saturated carbocycles. The number of carbonyl (C=O) groups is 1. The molecule has 0 aliphatic rings. The first kappa shape index (κ1) is 17.4. The second-order valence-electron chi connectivity index (χ2n) is 5.02. The molecule has 0 unspecified atom stereocenters. The van der Waals surface area contributed by atoms with Crippen LogP contribution in [0.1, 0.15) is 45.3 Å². The summed E-state index contributed by atoms with van der Waals surface area (Å²) in [6.45, 7) is 11.8. The molecule has 1 aromatic rings. The summed E-state index contributed by atoms with van der Waals surface area (Å²) in [6.07, 6.45) is 5.94. The summed E-state index contributed by atoms with van der Waals surface area (Å²) < 4.78 is 7.01. The lowest BCUT2D eigenvalue weighted by atomic mass is 10.2. The number of ether oxygens (including phenoxy) is 1. The highest BCUT2D eigenvalue weighted by Gasteiger charge is 2.13. The standard InChI is InChI=1S/C16H27N3O2/c1-5-10-18(13-16(20)21-8-4)12-14-9-11-19(17-14)15(6-2)7-3/h5,9,11,15H,1,6-8,10,12-13H2,2-4H3. The molecule has 0 saturated heterocycles. The number of carbonyl (C=O) groups excluding carboxylic acids is 1. The molecule has 0 amide bonds. The van der Waals surface area contributed by atoms with Crippen LogP contribution >= 0.6 is 0 Å². The van der Waals surface area contributed by atoms with Crippen LogP contribution in [0.25, 0.3) is 0 Å². The molecule has 0 spiro atoms. The average Bonchev–Trinajstić information content (AvgIpc) is 2.89. The van der Waals surface area contributed by atoms with E-state index in [1.54, 1.807) is 6.08 Å². The third kappa shape index (κ3) is 5.71. The first-order valence-electron chi connectivity index (χ1n) is 7.67. The van der Waals surface area contributed by atoms with Crippen molar-refractivity contribution in [2.45, 2.75) is 46.2 Å². The Labute approximate surface area is 127 Å². The van der Waals surface area contributed by atoms with Gasteiger partial charge in [0.1, 0.15) is 0 Å². The molecular weight excluding hydrogens is 266 g/mol. The Morgan fingerprint density at radius 2 is 2.19 bits per heavy atom. The molecule has 118 valence electrons. The van der Waals surface area contributed by atoms with Crippen LogP contribution < -0.4 is 0 Å². The van der Waals surface area contributed by atoms with E-state index in [1.165, 1.54) is 0 Å². The molecular formula is C16H27N3O2. The van der Waals surface area contributed by atoms with E-state index in [9.17, 15) is 4.79 Å². The van der Waals surface area contributed by atoms with Crippen LogP contribution in [0.4, 0.5) is 0 Å². The van der Waals surface area contributed by atoms with Crippen molar-refractivity contribution in [1.82, 2.24) is 14.7 Å². The van der Waals surface area contributed by atoms with Crippen LogP contribution in [0, 0.1) is 0 Å². The lowest BCUT2D eigenvalue weighted by Gasteiger charge is -2.18. The first-order valence-corrected chi connectivity index (χ1v) is 7.67. The van der Waals surface area contributed by atoms with Crippen LogP contribution in [-0.4, -0.2) is 40.3 Å². The SMILES string of the molecule is C=CCN(CC(=O)OCC)Cc1ccn(C(CC)CC)n1. The maximum Gasteiger partial charge on any atom is 0.320 e. The number of nitrogens with zero attached hydrogens (tertiary/aromatic N) is 3. The van der Waals surface area contributed by atoms with Crippen LogP contribution in [0.15, 0.2) is 24.9 Å². The third-order valence-electron chi connectivity index (χ3n) is 3.41. The van der Waals surface area contributed by atoms with Crippen molar-refractivity contribution in [3.05, 3.63) is 30.6 Å². The predicted octanol–water partition coefficient (Wildman–Crippen LogP) is 2.80. The molecule has 1 heterocycles. The predicted molar refractivity (Wildman–Crippen MR) is 84.0 cm³/mol. The summed E-state index contributed by atoms with van der Waals surface area (Å²) in [6, 6.07) is 2.45. The second-order valence-corrected chi connectivity index (χ2v) is 5.02. The van der Waals surface area contributed by atoms with Crippen molar-refractivity contribution >= 4 is 5.97 Å². The molecule has 0 bridgehead atoms. The molecule has 21 heavy (non-hydrogen) atoms. The van der Waals surface area contributed by atoms with Gasteiger partial charge in [0.25, 0.3) is 0 Å². The highest BCUT2D eigenvalue weighted by Crippen LogP contribution is 2.15. The minimum Gasteiger partial charge on any atom is -0.465 e. The highest BCUT2D eigenvalue weighted by atomic mass is 16.5. The summed E-state index contributed by atoms with van der Waals surface area (Å²) in [5, 5.41) is 4.62. The van der Waals surface area contributed by atoms with E-state index in [0.29, 0.717) is 25.7 Å². The minimum absolute atomic E-state index is 0.209. The van der Waals surface area contributed by atoms with Crippen molar-refractivity contribution in [2.24, 2.45) is 0 Å². The fraction of sp³-hybridized carbons (Fsp3) is 0.625. The Kier molecular flexibility index (Phi) is 7.75. The summed E-state index contributed by atoms with van der Waals surface area (Å²) in [7, 11) is 0. The van der Waals surface area contributed by atoms with Gasteiger partial charge in [-0.1, -0.05) is 19.9 Å². The van der Waals surface area contributed by atoms with Crippen molar-refractivity contribution in [1.29, 1.82) is 0 Å². The lowest BCUT2D eigenvalue weighted by Crippen LogP contribution is -2.31. The summed E-state index contributed by atoms with van der Waals surface area (Å²) >= 11 is 0. The average molecular weight is 293 g/mol. The van der Waals surface area contributed by atoms with Crippen molar-refractivity contribution in [3.63, 3.8) is 0 Å². The van der Waals surface area contributed by atoms with E-state index in [4.69, 9.17) is 4.74 Å². The summed E-state index contributed by atoms with van der Waals surface area (Å²) in [5.41, 5.74) is 0.966. The molecule has 0 aliphatic carbocycles. The summed E-state index contributed by atoms with van der Waals surface area (Å²) in [5.74, 6) is -0.209. The van der Waals surface area contributed by atoms with Gasteiger partial charge in [-0.05, 0) is 25.8 Å².